The lowest BCUT2D eigenvalue weighted by atomic mass is 10.1. The Kier molecular flexibility index (Phi) is 9.52. The summed E-state index contributed by atoms with van der Waals surface area (Å²) in [5.41, 5.74) is 0.854. The molecule has 1 rings (SSSR count). The maximum Gasteiger partial charge on any atom is 0.118 e. The van der Waals surface area contributed by atoms with Crippen molar-refractivity contribution in [3.63, 3.8) is 0 Å². The first-order valence-electron chi connectivity index (χ1n) is 6.50. The van der Waals surface area contributed by atoms with Crippen LogP contribution in [-0.2, 0) is 0 Å². The highest BCUT2D eigenvalue weighted by Crippen LogP contribution is 2.06. The molecule has 1 aliphatic heterocycles. The van der Waals surface area contributed by atoms with E-state index in [1.165, 1.54) is 38.1 Å². The van der Waals surface area contributed by atoms with Crippen molar-refractivity contribution in [2.75, 3.05) is 27.2 Å². The Labute approximate surface area is 111 Å². The molecular weight excluding hydrogens is 227 g/mol. The third kappa shape index (κ3) is 9.14. The lowest BCUT2D eigenvalue weighted by Crippen LogP contribution is -2.39. The summed E-state index contributed by atoms with van der Waals surface area (Å²) in [5, 5.41) is 3.30. The predicted molar refractivity (Wildman–Crippen MR) is 78.4 cm³/mol. The molecule has 0 aromatic rings. The number of likely N-dealkylation sites (tertiary alicyclic amines) is 1. The number of halogens is 1. The molecule has 0 amide bonds. The van der Waals surface area contributed by atoms with E-state index in [0.717, 1.165) is 11.6 Å². The Morgan fingerprint density at radius 2 is 1.89 bits per heavy atom. The highest BCUT2D eigenvalue weighted by molar-refractivity contribution is 5.20. The van der Waals surface area contributed by atoms with Gasteiger partial charge in [-0.2, -0.15) is 0 Å². The van der Waals surface area contributed by atoms with Crippen LogP contribution in [0.15, 0.2) is 36.2 Å². The van der Waals surface area contributed by atoms with Crippen molar-refractivity contribution in [3.8, 4) is 0 Å². The summed E-state index contributed by atoms with van der Waals surface area (Å²) in [6.07, 6.45) is 7.05. The van der Waals surface area contributed by atoms with E-state index >= 15 is 0 Å². The second kappa shape index (κ2) is 10.0. The molecule has 0 aromatic heterocycles. The SMILES string of the molecule is C=C(C)/C=C\C(F)=C/C.CNC1CCN(C)CC1. The Balaban J connectivity index is 0.000000321. The minimum absolute atomic E-state index is 0.224. The molecule has 1 aliphatic rings. The van der Waals surface area contributed by atoms with Crippen molar-refractivity contribution < 1.29 is 4.39 Å². The molecule has 2 nitrogen and oxygen atoms in total. The van der Waals surface area contributed by atoms with Crippen LogP contribution in [0.5, 0.6) is 0 Å². The molecule has 1 saturated heterocycles. The summed E-state index contributed by atoms with van der Waals surface area (Å²) in [6.45, 7) is 9.56. The summed E-state index contributed by atoms with van der Waals surface area (Å²) in [7, 11) is 4.24. The molecule has 1 N–H and O–H groups in total. The van der Waals surface area contributed by atoms with Gasteiger partial charge in [0.1, 0.15) is 5.83 Å². The van der Waals surface area contributed by atoms with E-state index in [4.69, 9.17) is 0 Å². The quantitative estimate of drug-likeness (QED) is 0.777. The van der Waals surface area contributed by atoms with Gasteiger partial charge in [0.15, 0.2) is 0 Å². The van der Waals surface area contributed by atoms with E-state index in [9.17, 15) is 4.39 Å². The number of rotatable bonds is 3. The normalized spacial score (nSPS) is 18.6. The fraction of sp³-hybridized carbons (Fsp3) is 0.600. The minimum atomic E-state index is -0.224. The molecule has 1 heterocycles. The largest absolute Gasteiger partial charge is 0.317 e. The summed E-state index contributed by atoms with van der Waals surface area (Å²) in [5.74, 6) is -0.224. The fourth-order valence-electron chi connectivity index (χ4n) is 1.62. The summed E-state index contributed by atoms with van der Waals surface area (Å²) in [4.78, 5) is 2.38. The van der Waals surface area contributed by atoms with Crippen LogP contribution < -0.4 is 5.32 Å². The van der Waals surface area contributed by atoms with Crippen molar-refractivity contribution in [1.82, 2.24) is 10.2 Å². The Morgan fingerprint density at radius 1 is 1.33 bits per heavy atom. The maximum atomic E-state index is 12.2. The van der Waals surface area contributed by atoms with Crippen LogP contribution >= 0.6 is 0 Å². The van der Waals surface area contributed by atoms with Gasteiger partial charge in [-0.15, -0.1) is 0 Å². The van der Waals surface area contributed by atoms with E-state index in [-0.39, 0.29) is 5.83 Å². The minimum Gasteiger partial charge on any atom is -0.317 e. The zero-order valence-electron chi connectivity index (χ0n) is 12.2. The van der Waals surface area contributed by atoms with Gasteiger partial charge in [0, 0.05) is 6.04 Å². The van der Waals surface area contributed by atoms with Crippen molar-refractivity contribution in [2.24, 2.45) is 0 Å². The second-order valence-electron chi connectivity index (χ2n) is 4.72. The number of hydrogen-bond acceptors (Lipinski definition) is 2. The third-order valence-corrected chi connectivity index (χ3v) is 2.93. The average Bonchev–Trinajstić information content (AvgIpc) is 2.37. The molecule has 0 radical (unpaired) electrons. The first kappa shape index (κ1) is 17.1. The molecule has 0 unspecified atom stereocenters. The van der Waals surface area contributed by atoms with Crippen LogP contribution in [0.1, 0.15) is 26.7 Å². The molecule has 0 aliphatic carbocycles. The zero-order valence-corrected chi connectivity index (χ0v) is 12.2. The van der Waals surface area contributed by atoms with Crippen molar-refractivity contribution >= 4 is 0 Å². The van der Waals surface area contributed by atoms with E-state index in [2.05, 4.69) is 30.9 Å². The number of nitrogens with one attached hydrogen (secondary N) is 1. The third-order valence-electron chi connectivity index (χ3n) is 2.93. The van der Waals surface area contributed by atoms with Crippen LogP contribution in [0, 0.1) is 0 Å². The van der Waals surface area contributed by atoms with Gasteiger partial charge in [0.2, 0.25) is 0 Å². The van der Waals surface area contributed by atoms with Crippen LogP contribution in [-0.4, -0.2) is 38.1 Å². The lowest BCUT2D eigenvalue weighted by Gasteiger charge is -2.28. The summed E-state index contributed by atoms with van der Waals surface area (Å²) < 4.78 is 12.2. The first-order valence-corrected chi connectivity index (χ1v) is 6.50. The van der Waals surface area contributed by atoms with Gasteiger partial charge in [0.05, 0.1) is 0 Å². The number of piperidine rings is 1. The number of allylic oxidation sites excluding steroid dienone is 5. The van der Waals surface area contributed by atoms with Gasteiger partial charge < -0.3 is 10.2 Å². The number of hydrogen-bond donors (Lipinski definition) is 1. The van der Waals surface area contributed by atoms with Crippen molar-refractivity contribution in [3.05, 3.63) is 36.2 Å². The monoisotopic (exact) mass is 254 g/mol. The molecule has 1 fully saturated rings. The van der Waals surface area contributed by atoms with Gasteiger partial charge in [-0.3, -0.25) is 0 Å². The summed E-state index contributed by atoms with van der Waals surface area (Å²) >= 11 is 0. The first-order chi connectivity index (χ1) is 8.49. The molecular formula is C15H27FN2. The van der Waals surface area contributed by atoms with Crippen molar-refractivity contribution in [2.45, 2.75) is 32.7 Å². The maximum absolute atomic E-state index is 12.2. The molecule has 3 heteroatoms. The second-order valence-corrected chi connectivity index (χ2v) is 4.72. The zero-order chi connectivity index (χ0) is 14.0. The fourth-order valence-corrected chi connectivity index (χ4v) is 1.62. The molecule has 0 aromatic carbocycles. The smallest absolute Gasteiger partial charge is 0.118 e. The van der Waals surface area contributed by atoms with Gasteiger partial charge in [-0.25, -0.2) is 4.39 Å². The van der Waals surface area contributed by atoms with Crippen molar-refractivity contribution in [1.29, 1.82) is 0 Å². The van der Waals surface area contributed by atoms with E-state index in [0.29, 0.717) is 0 Å². The van der Waals surface area contributed by atoms with E-state index in [1.54, 1.807) is 13.0 Å². The highest BCUT2D eigenvalue weighted by atomic mass is 19.1. The average molecular weight is 254 g/mol. The van der Waals surface area contributed by atoms with Crippen LogP contribution in [0.4, 0.5) is 4.39 Å². The lowest BCUT2D eigenvalue weighted by molar-refractivity contribution is 0.240. The molecule has 18 heavy (non-hydrogen) atoms. The van der Waals surface area contributed by atoms with E-state index < -0.39 is 0 Å². The molecule has 104 valence electrons. The Morgan fingerprint density at radius 3 is 2.28 bits per heavy atom. The van der Waals surface area contributed by atoms with Crippen LogP contribution in [0.3, 0.4) is 0 Å². The van der Waals surface area contributed by atoms with Gasteiger partial charge in [-0.05, 0) is 59.9 Å². The molecule has 0 atom stereocenters. The van der Waals surface area contributed by atoms with Crippen LogP contribution in [0.25, 0.3) is 0 Å². The van der Waals surface area contributed by atoms with Gasteiger partial charge in [0.25, 0.3) is 0 Å². The standard InChI is InChI=1S/C8H11F.C7H16N2/c1-4-8(9)6-5-7(2)3;1-8-7-3-5-9(2)6-4-7/h4-6H,2H2,1,3H3;7-8H,3-6H2,1-2H3/b6-5-,8-4+;. The van der Waals surface area contributed by atoms with E-state index in [1.807, 2.05) is 6.92 Å². The summed E-state index contributed by atoms with van der Waals surface area (Å²) in [6, 6.07) is 0.779. The number of nitrogens with zero attached hydrogens (tertiary/aromatic N) is 1. The highest BCUT2D eigenvalue weighted by Gasteiger charge is 2.13. The Bertz CT molecular complexity index is 287. The topological polar surface area (TPSA) is 15.3 Å². The molecule has 0 spiro atoms. The Hall–Kier alpha value is -0.930. The molecule has 0 bridgehead atoms. The van der Waals surface area contributed by atoms with Gasteiger partial charge >= 0.3 is 0 Å². The van der Waals surface area contributed by atoms with Gasteiger partial charge in [-0.1, -0.05) is 24.3 Å². The molecule has 0 saturated carbocycles. The van der Waals surface area contributed by atoms with Crippen LogP contribution in [0.2, 0.25) is 0 Å². The predicted octanol–water partition coefficient (Wildman–Crippen LogP) is 3.29.